The van der Waals surface area contributed by atoms with Crippen LogP contribution in [0.4, 0.5) is 5.82 Å². The normalized spacial score (nSPS) is 13.2. The van der Waals surface area contributed by atoms with Crippen molar-refractivity contribution in [2.75, 3.05) is 11.9 Å². The van der Waals surface area contributed by atoms with Gasteiger partial charge in [-0.05, 0) is 25.2 Å². The van der Waals surface area contributed by atoms with Gasteiger partial charge in [-0.2, -0.15) is 0 Å². The quantitative estimate of drug-likeness (QED) is 0.753. The predicted molar refractivity (Wildman–Crippen MR) is 78.5 cm³/mol. The third-order valence-corrected chi connectivity index (χ3v) is 3.50. The molecule has 0 aromatic carbocycles. The summed E-state index contributed by atoms with van der Waals surface area (Å²) in [7, 11) is 2.08. The first kappa shape index (κ1) is 15.2. The Kier molecular flexibility index (Phi) is 5.39. The minimum atomic E-state index is 0.322. The summed E-state index contributed by atoms with van der Waals surface area (Å²) in [5.41, 5.74) is 1.04. The molecule has 1 unspecified atom stereocenters. The number of rotatable bonds is 5. The van der Waals surface area contributed by atoms with E-state index in [1.165, 1.54) is 0 Å². The van der Waals surface area contributed by atoms with Crippen molar-refractivity contribution in [1.29, 1.82) is 0 Å². The molecule has 0 saturated heterocycles. The number of halogens is 1. The lowest BCUT2D eigenvalue weighted by atomic mass is 10.0. The summed E-state index contributed by atoms with van der Waals surface area (Å²) in [6.45, 7) is 10.9. The number of nitrogens with zero attached hydrogens (tertiary/aromatic N) is 3. The first-order valence-corrected chi connectivity index (χ1v) is 6.95. The van der Waals surface area contributed by atoms with Crippen molar-refractivity contribution in [2.24, 2.45) is 5.92 Å². The second kappa shape index (κ2) is 6.37. The lowest BCUT2D eigenvalue weighted by Crippen LogP contribution is -2.32. The Hall–Kier alpha value is -0.830. The van der Waals surface area contributed by atoms with Crippen molar-refractivity contribution in [3.8, 4) is 0 Å². The van der Waals surface area contributed by atoms with Crippen LogP contribution >= 0.6 is 11.6 Å². The molecule has 0 aliphatic rings. The van der Waals surface area contributed by atoms with Gasteiger partial charge >= 0.3 is 0 Å². The molecular formula is C14H24ClN3. The molecule has 102 valence electrons. The van der Waals surface area contributed by atoms with E-state index in [9.17, 15) is 0 Å². The molecule has 0 radical (unpaired) electrons. The monoisotopic (exact) mass is 269 g/mol. The average Bonchev–Trinajstić information content (AvgIpc) is 2.26. The maximum absolute atomic E-state index is 6.20. The van der Waals surface area contributed by atoms with Crippen molar-refractivity contribution in [3.05, 3.63) is 17.0 Å². The Morgan fingerprint density at radius 1 is 1.17 bits per heavy atom. The Bertz CT molecular complexity index is 391. The second-order valence-corrected chi connectivity index (χ2v) is 6.00. The standard InChI is InChI=1S/C14H24ClN3/c1-9(2)7-11(5)18(6)14-12(10(3)4)13(15)16-8-17-14/h8-11H,7H2,1-6H3. The molecule has 3 nitrogen and oxygen atoms in total. The zero-order valence-corrected chi connectivity index (χ0v) is 13.0. The molecule has 0 spiro atoms. The number of hydrogen-bond donors (Lipinski definition) is 0. The summed E-state index contributed by atoms with van der Waals surface area (Å²) in [6.07, 6.45) is 2.68. The average molecular weight is 270 g/mol. The van der Waals surface area contributed by atoms with Crippen LogP contribution in [0.2, 0.25) is 5.15 Å². The van der Waals surface area contributed by atoms with E-state index in [-0.39, 0.29) is 0 Å². The van der Waals surface area contributed by atoms with Gasteiger partial charge in [-0.25, -0.2) is 9.97 Å². The Balaban J connectivity index is 3.05. The Morgan fingerprint density at radius 3 is 2.28 bits per heavy atom. The highest BCUT2D eigenvalue weighted by Crippen LogP contribution is 2.31. The molecule has 1 heterocycles. The molecule has 0 bridgehead atoms. The fourth-order valence-corrected chi connectivity index (χ4v) is 2.54. The van der Waals surface area contributed by atoms with Gasteiger partial charge in [0.05, 0.1) is 0 Å². The van der Waals surface area contributed by atoms with Crippen molar-refractivity contribution < 1.29 is 0 Å². The Morgan fingerprint density at radius 2 is 1.78 bits per heavy atom. The molecule has 0 aliphatic carbocycles. The Labute approximate surface area is 116 Å². The molecule has 1 rings (SSSR count). The molecule has 4 heteroatoms. The van der Waals surface area contributed by atoms with Crippen LogP contribution in [0.3, 0.4) is 0 Å². The molecule has 0 aliphatic heterocycles. The first-order chi connectivity index (χ1) is 8.34. The van der Waals surface area contributed by atoms with E-state index in [1.807, 2.05) is 0 Å². The number of anilines is 1. The maximum atomic E-state index is 6.20. The summed E-state index contributed by atoms with van der Waals surface area (Å²) < 4.78 is 0. The highest BCUT2D eigenvalue weighted by molar-refractivity contribution is 6.30. The lowest BCUT2D eigenvalue weighted by Gasteiger charge is -2.29. The van der Waals surface area contributed by atoms with E-state index in [0.717, 1.165) is 17.8 Å². The van der Waals surface area contributed by atoms with E-state index in [4.69, 9.17) is 11.6 Å². The smallest absolute Gasteiger partial charge is 0.138 e. The van der Waals surface area contributed by atoms with Gasteiger partial charge in [0.1, 0.15) is 17.3 Å². The largest absolute Gasteiger partial charge is 0.357 e. The van der Waals surface area contributed by atoms with Crippen LogP contribution in [-0.4, -0.2) is 23.1 Å². The molecule has 0 fully saturated rings. The van der Waals surface area contributed by atoms with E-state index in [2.05, 4.69) is 56.5 Å². The van der Waals surface area contributed by atoms with Gasteiger partial charge in [0.15, 0.2) is 0 Å². The maximum Gasteiger partial charge on any atom is 0.138 e. The fraction of sp³-hybridized carbons (Fsp3) is 0.714. The molecule has 18 heavy (non-hydrogen) atoms. The van der Waals surface area contributed by atoms with Gasteiger partial charge in [-0.15, -0.1) is 0 Å². The van der Waals surface area contributed by atoms with Crippen LogP contribution in [0.15, 0.2) is 6.33 Å². The zero-order chi connectivity index (χ0) is 13.9. The molecular weight excluding hydrogens is 246 g/mol. The molecule has 0 saturated carbocycles. The van der Waals surface area contributed by atoms with E-state index in [1.54, 1.807) is 6.33 Å². The highest BCUT2D eigenvalue weighted by atomic mass is 35.5. The fourth-order valence-electron chi connectivity index (χ4n) is 2.19. The van der Waals surface area contributed by atoms with Crippen LogP contribution in [-0.2, 0) is 0 Å². The summed E-state index contributed by atoms with van der Waals surface area (Å²) >= 11 is 6.20. The molecule has 1 aromatic heterocycles. The van der Waals surface area contributed by atoms with Gasteiger partial charge in [0.2, 0.25) is 0 Å². The van der Waals surface area contributed by atoms with Crippen molar-refractivity contribution in [2.45, 2.75) is 53.0 Å². The van der Waals surface area contributed by atoms with Crippen LogP contribution in [0.5, 0.6) is 0 Å². The summed E-state index contributed by atoms with van der Waals surface area (Å²) in [6, 6.07) is 0.438. The van der Waals surface area contributed by atoms with Gasteiger partial charge in [-0.1, -0.05) is 39.3 Å². The van der Waals surface area contributed by atoms with Crippen LogP contribution in [0.1, 0.15) is 52.5 Å². The molecule has 1 atom stereocenters. The lowest BCUT2D eigenvalue weighted by molar-refractivity contribution is 0.500. The van der Waals surface area contributed by atoms with E-state index in [0.29, 0.717) is 23.0 Å². The molecule has 0 N–H and O–H groups in total. The van der Waals surface area contributed by atoms with Crippen LogP contribution < -0.4 is 4.90 Å². The van der Waals surface area contributed by atoms with Crippen LogP contribution in [0.25, 0.3) is 0 Å². The second-order valence-electron chi connectivity index (χ2n) is 5.65. The topological polar surface area (TPSA) is 29.0 Å². The van der Waals surface area contributed by atoms with Gasteiger partial charge in [-0.3, -0.25) is 0 Å². The van der Waals surface area contributed by atoms with Crippen molar-refractivity contribution in [3.63, 3.8) is 0 Å². The van der Waals surface area contributed by atoms with Crippen molar-refractivity contribution in [1.82, 2.24) is 9.97 Å². The van der Waals surface area contributed by atoms with Gasteiger partial charge in [0, 0.05) is 18.7 Å². The predicted octanol–water partition coefficient (Wildman–Crippen LogP) is 4.12. The van der Waals surface area contributed by atoms with Gasteiger partial charge < -0.3 is 4.90 Å². The number of aromatic nitrogens is 2. The summed E-state index contributed by atoms with van der Waals surface area (Å²) in [5.74, 6) is 1.95. The first-order valence-electron chi connectivity index (χ1n) is 6.57. The molecule has 1 aromatic rings. The zero-order valence-electron chi connectivity index (χ0n) is 12.2. The third-order valence-electron chi connectivity index (χ3n) is 3.20. The summed E-state index contributed by atoms with van der Waals surface area (Å²) in [4.78, 5) is 10.7. The molecule has 0 amide bonds. The highest BCUT2D eigenvalue weighted by Gasteiger charge is 2.20. The SMILES string of the molecule is CC(C)CC(C)N(C)c1ncnc(Cl)c1C(C)C. The number of hydrogen-bond acceptors (Lipinski definition) is 3. The van der Waals surface area contributed by atoms with E-state index >= 15 is 0 Å². The van der Waals surface area contributed by atoms with Crippen LogP contribution in [0, 0.1) is 5.92 Å². The van der Waals surface area contributed by atoms with Gasteiger partial charge in [0.25, 0.3) is 0 Å². The minimum Gasteiger partial charge on any atom is -0.357 e. The third kappa shape index (κ3) is 3.58. The summed E-state index contributed by atoms with van der Waals surface area (Å²) in [5, 5.41) is 0.568. The van der Waals surface area contributed by atoms with Crippen molar-refractivity contribution >= 4 is 17.4 Å². The minimum absolute atomic E-state index is 0.322. The van der Waals surface area contributed by atoms with E-state index < -0.39 is 0 Å².